The molecule has 0 fully saturated rings. The number of thiazole rings is 1. The number of fused-ring (bicyclic) bond motifs is 1. The van der Waals surface area contributed by atoms with Crippen LogP contribution < -0.4 is 5.32 Å². The molecule has 0 radical (unpaired) electrons. The fourth-order valence-electron chi connectivity index (χ4n) is 1.69. The zero-order valence-electron chi connectivity index (χ0n) is 9.32. The van der Waals surface area contributed by atoms with E-state index in [-0.39, 0.29) is 0 Å². The summed E-state index contributed by atoms with van der Waals surface area (Å²) in [6.07, 6.45) is 6.23. The van der Waals surface area contributed by atoms with Gasteiger partial charge >= 0.3 is 0 Å². The first-order valence-electron chi connectivity index (χ1n) is 5.54. The van der Waals surface area contributed by atoms with Crippen LogP contribution in [0.2, 0.25) is 0 Å². The number of rotatable bonds is 6. The fourth-order valence-corrected chi connectivity index (χ4v) is 2.67. The number of alkyl halides is 1. The van der Waals surface area contributed by atoms with E-state index in [0.717, 1.165) is 30.0 Å². The number of imidazole rings is 1. The Morgan fingerprint density at radius 3 is 3.19 bits per heavy atom. The molecule has 2 heterocycles. The van der Waals surface area contributed by atoms with Gasteiger partial charge in [0.05, 0.1) is 5.69 Å². The highest BCUT2D eigenvalue weighted by atomic mass is 35.5. The molecule has 1 atom stereocenters. The molecule has 3 nitrogen and oxygen atoms in total. The molecular weight excluding hydrogens is 242 g/mol. The fraction of sp³-hybridized carbons (Fsp3) is 0.545. The molecule has 2 aromatic heterocycles. The second-order valence-electron chi connectivity index (χ2n) is 3.79. The molecule has 88 valence electrons. The van der Waals surface area contributed by atoms with Gasteiger partial charge in [-0.15, -0.1) is 22.9 Å². The van der Waals surface area contributed by atoms with Crippen molar-refractivity contribution in [1.29, 1.82) is 0 Å². The van der Waals surface area contributed by atoms with Crippen LogP contribution in [0, 0.1) is 0 Å². The van der Waals surface area contributed by atoms with Gasteiger partial charge in [0.15, 0.2) is 4.96 Å². The van der Waals surface area contributed by atoms with E-state index < -0.39 is 0 Å². The maximum Gasteiger partial charge on any atom is 0.193 e. The van der Waals surface area contributed by atoms with Crippen molar-refractivity contribution in [2.75, 3.05) is 5.88 Å². The smallest absolute Gasteiger partial charge is 0.193 e. The minimum atomic E-state index is 0.497. The van der Waals surface area contributed by atoms with Crippen molar-refractivity contribution < 1.29 is 0 Å². The van der Waals surface area contributed by atoms with Crippen molar-refractivity contribution in [3.05, 3.63) is 23.5 Å². The highest BCUT2D eigenvalue weighted by Gasteiger charge is 2.07. The lowest BCUT2D eigenvalue weighted by atomic mass is 10.2. The number of hydrogen-bond donors (Lipinski definition) is 1. The summed E-state index contributed by atoms with van der Waals surface area (Å²) in [5.74, 6) is 0.712. The summed E-state index contributed by atoms with van der Waals surface area (Å²) in [6.45, 7) is 3.00. The van der Waals surface area contributed by atoms with Crippen LogP contribution in [0.25, 0.3) is 4.96 Å². The third-order valence-corrected chi connectivity index (χ3v) is 3.65. The molecule has 2 rings (SSSR count). The van der Waals surface area contributed by atoms with Gasteiger partial charge in [-0.25, -0.2) is 4.98 Å². The van der Waals surface area contributed by atoms with E-state index in [1.165, 1.54) is 0 Å². The van der Waals surface area contributed by atoms with Gasteiger partial charge in [0.1, 0.15) is 0 Å². The van der Waals surface area contributed by atoms with Crippen LogP contribution in [0.1, 0.15) is 25.5 Å². The summed E-state index contributed by atoms with van der Waals surface area (Å²) < 4.78 is 2.06. The summed E-state index contributed by atoms with van der Waals surface area (Å²) in [5.41, 5.74) is 1.10. The zero-order valence-corrected chi connectivity index (χ0v) is 10.9. The highest BCUT2D eigenvalue weighted by Crippen LogP contribution is 2.11. The van der Waals surface area contributed by atoms with Crippen molar-refractivity contribution >= 4 is 27.9 Å². The third-order valence-electron chi connectivity index (χ3n) is 2.67. The topological polar surface area (TPSA) is 29.3 Å². The summed E-state index contributed by atoms with van der Waals surface area (Å²) in [7, 11) is 0. The Hall–Kier alpha value is -0.580. The normalized spacial score (nSPS) is 13.4. The predicted molar refractivity (Wildman–Crippen MR) is 69.3 cm³/mol. The molecule has 2 aromatic rings. The van der Waals surface area contributed by atoms with Gasteiger partial charge in [-0.1, -0.05) is 6.92 Å². The molecule has 1 unspecified atom stereocenters. The van der Waals surface area contributed by atoms with Crippen LogP contribution in [-0.4, -0.2) is 21.3 Å². The quantitative estimate of drug-likeness (QED) is 0.807. The third kappa shape index (κ3) is 2.75. The number of aromatic nitrogens is 2. The maximum atomic E-state index is 5.75. The molecule has 1 N–H and O–H groups in total. The highest BCUT2D eigenvalue weighted by molar-refractivity contribution is 7.15. The largest absolute Gasteiger partial charge is 0.308 e. The van der Waals surface area contributed by atoms with E-state index in [1.54, 1.807) is 11.3 Å². The first-order chi connectivity index (χ1) is 7.83. The van der Waals surface area contributed by atoms with Gasteiger partial charge in [0.2, 0.25) is 0 Å². The van der Waals surface area contributed by atoms with Gasteiger partial charge in [0.25, 0.3) is 0 Å². The molecule has 0 saturated carbocycles. The molecule has 0 bridgehead atoms. The number of nitrogens with one attached hydrogen (secondary N) is 1. The summed E-state index contributed by atoms with van der Waals surface area (Å²) in [5, 5.41) is 5.53. The lowest BCUT2D eigenvalue weighted by Crippen LogP contribution is -2.28. The lowest BCUT2D eigenvalue weighted by molar-refractivity contribution is 0.483. The van der Waals surface area contributed by atoms with Gasteiger partial charge < -0.3 is 5.32 Å². The SMILES string of the molecule is CCC(CCCl)NCc1cn2ccsc2n1. The van der Waals surface area contributed by atoms with E-state index in [4.69, 9.17) is 11.6 Å². The van der Waals surface area contributed by atoms with Crippen LogP contribution in [0.4, 0.5) is 0 Å². The summed E-state index contributed by atoms with van der Waals surface area (Å²) in [6, 6.07) is 0.497. The van der Waals surface area contributed by atoms with Crippen molar-refractivity contribution in [2.24, 2.45) is 0 Å². The molecule has 0 aliphatic heterocycles. The lowest BCUT2D eigenvalue weighted by Gasteiger charge is -2.14. The molecule has 0 spiro atoms. The molecule has 0 aromatic carbocycles. The first-order valence-corrected chi connectivity index (χ1v) is 6.95. The monoisotopic (exact) mass is 257 g/mol. The van der Waals surface area contributed by atoms with Gasteiger partial charge in [0, 0.05) is 36.2 Å². The van der Waals surface area contributed by atoms with Crippen molar-refractivity contribution in [3.8, 4) is 0 Å². The Kier molecular flexibility index (Phi) is 4.21. The van der Waals surface area contributed by atoms with Gasteiger partial charge in [-0.3, -0.25) is 4.40 Å². The van der Waals surface area contributed by atoms with Gasteiger partial charge in [-0.2, -0.15) is 0 Å². The Bertz CT molecular complexity index is 409. The minimum absolute atomic E-state index is 0.497. The Morgan fingerprint density at radius 2 is 2.50 bits per heavy atom. The summed E-state index contributed by atoms with van der Waals surface area (Å²) >= 11 is 7.41. The Morgan fingerprint density at radius 1 is 1.62 bits per heavy atom. The molecule has 16 heavy (non-hydrogen) atoms. The van der Waals surface area contributed by atoms with Crippen LogP contribution in [-0.2, 0) is 6.54 Å². The molecule has 0 aliphatic carbocycles. The van der Waals surface area contributed by atoms with E-state index in [0.29, 0.717) is 11.9 Å². The van der Waals surface area contributed by atoms with E-state index >= 15 is 0 Å². The first kappa shape index (κ1) is 11.9. The zero-order chi connectivity index (χ0) is 11.4. The molecule has 0 saturated heterocycles. The molecule has 0 amide bonds. The average Bonchev–Trinajstić information content (AvgIpc) is 2.84. The second-order valence-corrected chi connectivity index (χ2v) is 5.04. The Labute approximate surface area is 104 Å². The van der Waals surface area contributed by atoms with E-state index in [9.17, 15) is 0 Å². The van der Waals surface area contributed by atoms with Crippen molar-refractivity contribution in [2.45, 2.75) is 32.4 Å². The molecular formula is C11H16ClN3S. The second kappa shape index (κ2) is 5.66. The van der Waals surface area contributed by atoms with Crippen LogP contribution in [0.3, 0.4) is 0 Å². The van der Waals surface area contributed by atoms with E-state index in [2.05, 4.69) is 27.8 Å². The van der Waals surface area contributed by atoms with Crippen molar-refractivity contribution in [1.82, 2.24) is 14.7 Å². The molecule has 0 aliphatic rings. The van der Waals surface area contributed by atoms with Gasteiger partial charge in [-0.05, 0) is 12.8 Å². The van der Waals surface area contributed by atoms with Crippen LogP contribution >= 0.6 is 22.9 Å². The number of hydrogen-bond acceptors (Lipinski definition) is 3. The van der Waals surface area contributed by atoms with Crippen LogP contribution in [0.15, 0.2) is 17.8 Å². The maximum absolute atomic E-state index is 5.75. The van der Waals surface area contributed by atoms with Crippen LogP contribution in [0.5, 0.6) is 0 Å². The van der Waals surface area contributed by atoms with Crippen molar-refractivity contribution in [3.63, 3.8) is 0 Å². The Balaban J connectivity index is 1.92. The standard InChI is InChI=1S/C11H16ClN3S/c1-2-9(3-4-12)13-7-10-8-15-5-6-16-11(15)14-10/h5-6,8-9,13H,2-4,7H2,1H3. The number of halogens is 1. The summed E-state index contributed by atoms with van der Waals surface area (Å²) in [4.78, 5) is 5.58. The predicted octanol–water partition coefficient (Wildman–Crippen LogP) is 2.89. The minimum Gasteiger partial charge on any atom is -0.308 e. The average molecular weight is 258 g/mol. The molecule has 5 heteroatoms. The van der Waals surface area contributed by atoms with E-state index in [1.807, 2.05) is 11.6 Å². The number of nitrogens with zero attached hydrogens (tertiary/aromatic N) is 2.